The molecule has 0 unspecified atom stereocenters. The number of nitrogens with one attached hydrogen (secondary N) is 1. The zero-order valence-electron chi connectivity index (χ0n) is 13.7. The Kier molecular flexibility index (Phi) is 5.27. The predicted octanol–water partition coefficient (Wildman–Crippen LogP) is 3.08. The molecule has 1 atom stereocenters. The number of H-pyrrole nitrogens is 1. The van der Waals surface area contributed by atoms with Gasteiger partial charge in [-0.05, 0) is 55.7 Å². The largest absolute Gasteiger partial charge is 0.493 e. The van der Waals surface area contributed by atoms with Crippen molar-refractivity contribution >= 4 is 18.4 Å². The Morgan fingerprint density at radius 1 is 1.50 bits per heavy atom. The van der Waals surface area contributed by atoms with E-state index in [1.165, 1.54) is 0 Å². The second kappa shape index (κ2) is 7.59. The molecular weight excluding hydrogens is 328 g/mol. The van der Waals surface area contributed by atoms with Gasteiger partial charge in [-0.3, -0.25) is 5.10 Å². The summed E-state index contributed by atoms with van der Waals surface area (Å²) in [5, 5.41) is 11.5. The molecule has 1 fully saturated rings. The average Bonchev–Trinajstić information content (AvgIpc) is 3.24. The van der Waals surface area contributed by atoms with Crippen molar-refractivity contribution in [3.8, 4) is 11.5 Å². The summed E-state index contributed by atoms with van der Waals surface area (Å²) >= 11 is 5.26. The fourth-order valence-electron chi connectivity index (χ4n) is 2.57. The molecule has 0 spiro atoms. The SMILES string of the molecule is CCOc1ccc(/C=N\n2c([C@@H]3CCCO3)n[nH]c2=S)cc1OC. The minimum atomic E-state index is -0.0648. The molecule has 7 nitrogen and oxygen atoms in total. The Morgan fingerprint density at radius 2 is 2.38 bits per heavy atom. The molecule has 0 bridgehead atoms. The number of methoxy groups -OCH3 is 1. The van der Waals surface area contributed by atoms with Crippen LogP contribution in [0, 0.1) is 4.77 Å². The number of benzene rings is 1. The lowest BCUT2D eigenvalue weighted by Crippen LogP contribution is -2.05. The van der Waals surface area contributed by atoms with Crippen molar-refractivity contribution in [2.24, 2.45) is 5.10 Å². The number of ether oxygens (including phenoxy) is 3. The number of rotatable bonds is 6. The molecule has 1 saturated heterocycles. The van der Waals surface area contributed by atoms with Crippen LogP contribution in [-0.4, -0.2) is 41.4 Å². The van der Waals surface area contributed by atoms with E-state index in [-0.39, 0.29) is 6.10 Å². The van der Waals surface area contributed by atoms with Gasteiger partial charge < -0.3 is 14.2 Å². The molecule has 2 heterocycles. The van der Waals surface area contributed by atoms with Crippen molar-refractivity contribution in [2.75, 3.05) is 20.3 Å². The van der Waals surface area contributed by atoms with E-state index in [4.69, 9.17) is 26.4 Å². The van der Waals surface area contributed by atoms with E-state index < -0.39 is 0 Å². The molecule has 8 heteroatoms. The van der Waals surface area contributed by atoms with Gasteiger partial charge >= 0.3 is 0 Å². The third-order valence-corrected chi connectivity index (χ3v) is 3.97. The van der Waals surface area contributed by atoms with Gasteiger partial charge in [0, 0.05) is 6.61 Å². The summed E-state index contributed by atoms with van der Waals surface area (Å²) in [6.07, 6.45) is 3.59. The molecule has 3 rings (SSSR count). The van der Waals surface area contributed by atoms with Crippen molar-refractivity contribution in [3.05, 3.63) is 34.4 Å². The molecular formula is C16H20N4O3S. The molecule has 1 aliphatic heterocycles. The maximum absolute atomic E-state index is 5.66. The smallest absolute Gasteiger partial charge is 0.216 e. The molecule has 1 aromatic heterocycles. The van der Waals surface area contributed by atoms with Crippen LogP contribution in [-0.2, 0) is 4.74 Å². The van der Waals surface area contributed by atoms with Crippen LogP contribution < -0.4 is 9.47 Å². The van der Waals surface area contributed by atoms with Gasteiger partial charge in [-0.2, -0.15) is 14.9 Å². The number of nitrogens with zero attached hydrogens (tertiary/aromatic N) is 3. The first-order chi connectivity index (χ1) is 11.7. The van der Waals surface area contributed by atoms with E-state index >= 15 is 0 Å². The van der Waals surface area contributed by atoms with Gasteiger partial charge in [0.1, 0.15) is 6.10 Å². The maximum Gasteiger partial charge on any atom is 0.216 e. The zero-order chi connectivity index (χ0) is 16.9. The molecule has 128 valence electrons. The molecule has 24 heavy (non-hydrogen) atoms. The topological polar surface area (TPSA) is 73.7 Å². The highest BCUT2D eigenvalue weighted by molar-refractivity contribution is 7.71. The Hall–Kier alpha value is -2.19. The summed E-state index contributed by atoms with van der Waals surface area (Å²) in [7, 11) is 1.61. The maximum atomic E-state index is 5.66. The average molecular weight is 348 g/mol. The third-order valence-electron chi connectivity index (χ3n) is 3.70. The molecule has 0 radical (unpaired) electrons. The first-order valence-electron chi connectivity index (χ1n) is 7.87. The van der Waals surface area contributed by atoms with Crippen LogP contribution >= 0.6 is 12.2 Å². The number of aromatic nitrogens is 3. The lowest BCUT2D eigenvalue weighted by atomic mass is 10.2. The molecule has 2 aromatic rings. The van der Waals surface area contributed by atoms with E-state index in [1.54, 1.807) is 18.0 Å². The third kappa shape index (κ3) is 3.49. The van der Waals surface area contributed by atoms with Crippen LogP contribution in [0.25, 0.3) is 0 Å². The van der Waals surface area contributed by atoms with Gasteiger partial charge in [0.05, 0.1) is 19.9 Å². The highest BCUT2D eigenvalue weighted by atomic mass is 32.1. The van der Waals surface area contributed by atoms with Crippen molar-refractivity contribution in [3.63, 3.8) is 0 Å². The van der Waals surface area contributed by atoms with Crippen molar-refractivity contribution < 1.29 is 14.2 Å². The van der Waals surface area contributed by atoms with Crippen LogP contribution in [0.2, 0.25) is 0 Å². The predicted molar refractivity (Wildman–Crippen MR) is 92.5 cm³/mol. The Balaban J connectivity index is 1.86. The summed E-state index contributed by atoms with van der Waals surface area (Å²) in [6, 6.07) is 5.63. The fraction of sp³-hybridized carbons (Fsp3) is 0.438. The molecule has 0 aliphatic carbocycles. The van der Waals surface area contributed by atoms with Crippen molar-refractivity contribution in [1.29, 1.82) is 0 Å². The van der Waals surface area contributed by atoms with Gasteiger partial charge in [0.15, 0.2) is 17.3 Å². The minimum Gasteiger partial charge on any atom is -0.493 e. The van der Waals surface area contributed by atoms with Crippen molar-refractivity contribution in [1.82, 2.24) is 14.9 Å². The summed E-state index contributed by atoms with van der Waals surface area (Å²) < 4.78 is 18.6. The van der Waals surface area contributed by atoms with E-state index in [0.717, 1.165) is 25.0 Å². The normalized spacial score (nSPS) is 17.5. The van der Waals surface area contributed by atoms with Crippen LogP contribution in [0.15, 0.2) is 23.3 Å². The number of aromatic amines is 1. The van der Waals surface area contributed by atoms with Crippen LogP contribution in [0.4, 0.5) is 0 Å². The van der Waals surface area contributed by atoms with Crippen LogP contribution in [0.3, 0.4) is 0 Å². The second-order valence-electron chi connectivity index (χ2n) is 5.29. The first kappa shape index (κ1) is 16.7. The van der Waals surface area contributed by atoms with E-state index in [0.29, 0.717) is 28.7 Å². The lowest BCUT2D eigenvalue weighted by molar-refractivity contribution is 0.102. The summed E-state index contributed by atoms with van der Waals surface area (Å²) in [6.45, 7) is 3.25. The molecule has 1 aliphatic rings. The monoisotopic (exact) mass is 348 g/mol. The number of hydrogen-bond acceptors (Lipinski definition) is 6. The minimum absolute atomic E-state index is 0.0648. The zero-order valence-corrected chi connectivity index (χ0v) is 14.5. The Bertz CT molecular complexity index is 778. The first-order valence-corrected chi connectivity index (χ1v) is 8.28. The summed E-state index contributed by atoms with van der Waals surface area (Å²) in [4.78, 5) is 0. The highest BCUT2D eigenvalue weighted by Crippen LogP contribution is 2.28. The number of hydrogen-bond donors (Lipinski definition) is 1. The highest BCUT2D eigenvalue weighted by Gasteiger charge is 2.23. The summed E-state index contributed by atoms with van der Waals surface area (Å²) in [5.74, 6) is 2.07. The molecule has 0 amide bonds. The lowest BCUT2D eigenvalue weighted by Gasteiger charge is -2.09. The van der Waals surface area contributed by atoms with Crippen LogP contribution in [0.1, 0.15) is 37.3 Å². The van der Waals surface area contributed by atoms with Gasteiger partial charge in [-0.1, -0.05) is 0 Å². The van der Waals surface area contributed by atoms with E-state index in [2.05, 4.69) is 15.3 Å². The van der Waals surface area contributed by atoms with Gasteiger partial charge in [-0.25, -0.2) is 0 Å². The van der Waals surface area contributed by atoms with E-state index in [9.17, 15) is 0 Å². The second-order valence-corrected chi connectivity index (χ2v) is 5.68. The van der Waals surface area contributed by atoms with E-state index in [1.807, 2.05) is 25.1 Å². The Morgan fingerprint density at radius 3 is 3.08 bits per heavy atom. The quantitative estimate of drug-likeness (QED) is 0.641. The van der Waals surface area contributed by atoms with Crippen LogP contribution in [0.5, 0.6) is 11.5 Å². The molecule has 0 saturated carbocycles. The standard InChI is InChI=1S/C16H20N4O3S/c1-3-22-12-7-6-11(9-14(12)21-2)10-17-20-15(18-19-16(20)24)13-5-4-8-23-13/h6-7,9-10,13H,3-5,8H2,1-2H3,(H,19,24)/b17-10-/t13-/m0/s1. The summed E-state index contributed by atoms with van der Waals surface area (Å²) in [5.41, 5.74) is 0.872. The van der Waals surface area contributed by atoms with Gasteiger partial charge in [0.25, 0.3) is 0 Å². The molecule has 1 aromatic carbocycles. The van der Waals surface area contributed by atoms with Crippen molar-refractivity contribution in [2.45, 2.75) is 25.9 Å². The fourth-order valence-corrected chi connectivity index (χ4v) is 2.76. The molecule has 1 N–H and O–H groups in total. The van der Waals surface area contributed by atoms with Gasteiger partial charge in [0.2, 0.25) is 4.77 Å². The van der Waals surface area contributed by atoms with Gasteiger partial charge in [-0.15, -0.1) is 0 Å². The Labute approximate surface area is 145 Å².